The van der Waals surface area contributed by atoms with Gasteiger partial charge in [-0.25, -0.2) is 4.79 Å². The maximum Gasteiger partial charge on any atom is 0.409 e. The van der Waals surface area contributed by atoms with Crippen LogP contribution >= 0.6 is 0 Å². The Kier molecular flexibility index (Phi) is 3.52. The van der Waals surface area contributed by atoms with Crippen molar-refractivity contribution in [2.24, 2.45) is 0 Å². The summed E-state index contributed by atoms with van der Waals surface area (Å²) < 4.78 is 9.92. The molecular formula is C13H17NO3. The van der Waals surface area contributed by atoms with Gasteiger partial charge in [-0.15, -0.1) is 0 Å². The lowest BCUT2D eigenvalue weighted by atomic mass is 10.0. The molecule has 1 amide bonds. The Bertz CT molecular complexity index is 388. The number of hydrogen-bond acceptors (Lipinski definition) is 3. The molecule has 1 aliphatic heterocycles. The first-order valence-corrected chi connectivity index (χ1v) is 5.75. The highest BCUT2D eigenvalue weighted by atomic mass is 16.5. The zero-order valence-electron chi connectivity index (χ0n) is 10.2. The van der Waals surface area contributed by atoms with Crippen LogP contribution in [0.4, 0.5) is 4.79 Å². The Morgan fingerprint density at radius 2 is 2.00 bits per heavy atom. The van der Waals surface area contributed by atoms with Gasteiger partial charge in [0.05, 0.1) is 20.3 Å². The molecule has 1 unspecified atom stereocenters. The van der Waals surface area contributed by atoms with Gasteiger partial charge in [-0.1, -0.05) is 12.1 Å². The second kappa shape index (κ2) is 5.08. The van der Waals surface area contributed by atoms with E-state index in [0.717, 1.165) is 30.7 Å². The highest BCUT2D eigenvalue weighted by Gasteiger charge is 2.30. The molecule has 0 aliphatic carbocycles. The standard InChI is InChI=1S/C13H17NO3/c1-16-11-7-5-10(6-8-11)12-4-3-9-14(12)13(15)17-2/h5-8,12H,3-4,9H2,1-2H3. The summed E-state index contributed by atoms with van der Waals surface area (Å²) in [6, 6.07) is 7.98. The topological polar surface area (TPSA) is 38.8 Å². The van der Waals surface area contributed by atoms with E-state index in [9.17, 15) is 4.79 Å². The molecule has 0 bridgehead atoms. The van der Waals surface area contributed by atoms with Gasteiger partial charge in [0.1, 0.15) is 5.75 Å². The smallest absolute Gasteiger partial charge is 0.409 e. The van der Waals surface area contributed by atoms with Crippen molar-refractivity contribution in [3.8, 4) is 5.75 Å². The summed E-state index contributed by atoms with van der Waals surface area (Å²) in [6.45, 7) is 0.767. The summed E-state index contributed by atoms with van der Waals surface area (Å²) in [5, 5.41) is 0. The maximum absolute atomic E-state index is 11.6. The van der Waals surface area contributed by atoms with Gasteiger partial charge in [-0.05, 0) is 30.5 Å². The van der Waals surface area contributed by atoms with Crippen LogP contribution in [0, 0.1) is 0 Å². The van der Waals surface area contributed by atoms with Crippen LogP contribution in [-0.2, 0) is 4.74 Å². The van der Waals surface area contributed by atoms with Crippen LogP contribution in [0.2, 0.25) is 0 Å². The van der Waals surface area contributed by atoms with Gasteiger partial charge in [-0.3, -0.25) is 0 Å². The molecular weight excluding hydrogens is 218 g/mol. The maximum atomic E-state index is 11.6. The first-order chi connectivity index (χ1) is 8.26. The van der Waals surface area contributed by atoms with Crippen LogP contribution in [0.3, 0.4) is 0 Å². The minimum absolute atomic E-state index is 0.133. The zero-order chi connectivity index (χ0) is 12.3. The van der Waals surface area contributed by atoms with Gasteiger partial charge in [0, 0.05) is 6.54 Å². The number of methoxy groups -OCH3 is 2. The molecule has 1 atom stereocenters. The highest BCUT2D eigenvalue weighted by molar-refractivity contribution is 5.68. The molecule has 0 aromatic heterocycles. The van der Waals surface area contributed by atoms with Crippen molar-refractivity contribution in [2.45, 2.75) is 18.9 Å². The number of ether oxygens (including phenoxy) is 2. The van der Waals surface area contributed by atoms with E-state index in [1.54, 1.807) is 12.0 Å². The average molecular weight is 235 g/mol. The van der Waals surface area contributed by atoms with Crippen molar-refractivity contribution in [2.75, 3.05) is 20.8 Å². The van der Waals surface area contributed by atoms with Crippen molar-refractivity contribution in [3.05, 3.63) is 29.8 Å². The number of rotatable bonds is 2. The third-order valence-electron chi connectivity index (χ3n) is 3.16. The number of benzene rings is 1. The number of carbonyl (C=O) groups is 1. The fraction of sp³-hybridized carbons (Fsp3) is 0.462. The minimum Gasteiger partial charge on any atom is -0.497 e. The monoisotopic (exact) mass is 235 g/mol. The summed E-state index contributed by atoms with van der Waals surface area (Å²) >= 11 is 0. The van der Waals surface area contributed by atoms with Crippen LogP contribution in [-0.4, -0.2) is 31.8 Å². The normalized spacial score (nSPS) is 19.2. The number of likely N-dealkylation sites (tertiary alicyclic amines) is 1. The molecule has 1 aromatic carbocycles. The van der Waals surface area contributed by atoms with Gasteiger partial charge in [0.25, 0.3) is 0 Å². The molecule has 4 heteroatoms. The Morgan fingerprint density at radius 1 is 1.29 bits per heavy atom. The summed E-state index contributed by atoms with van der Waals surface area (Å²) in [5.74, 6) is 0.830. The molecule has 0 radical (unpaired) electrons. The van der Waals surface area contributed by atoms with Crippen molar-refractivity contribution < 1.29 is 14.3 Å². The lowest BCUT2D eigenvalue weighted by molar-refractivity contribution is 0.119. The number of carbonyl (C=O) groups excluding carboxylic acids is 1. The SMILES string of the molecule is COC(=O)N1CCCC1c1ccc(OC)cc1. The number of amides is 1. The average Bonchev–Trinajstić information content (AvgIpc) is 2.87. The second-order valence-electron chi connectivity index (χ2n) is 4.09. The molecule has 1 fully saturated rings. The van der Waals surface area contributed by atoms with Gasteiger partial charge < -0.3 is 14.4 Å². The van der Waals surface area contributed by atoms with Crippen LogP contribution in [0.25, 0.3) is 0 Å². The second-order valence-corrected chi connectivity index (χ2v) is 4.09. The fourth-order valence-electron chi connectivity index (χ4n) is 2.28. The number of hydrogen-bond donors (Lipinski definition) is 0. The predicted molar refractivity (Wildman–Crippen MR) is 64.1 cm³/mol. The van der Waals surface area contributed by atoms with Gasteiger partial charge in [0.15, 0.2) is 0 Å². The van der Waals surface area contributed by atoms with Crippen molar-refractivity contribution in [1.82, 2.24) is 4.90 Å². The van der Waals surface area contributed by atoms with Crippen molar-refractivity contribution >= 4 is 6.09 Å². The Morgan fingerprint density at radius 3 is 2.59 bits per heavy atom. The first-order valence-electron chi connectivity index (χ1n) is 5.75. The third-order valence-corrected chi connectivity index (χ3v) is 3.16. The van der Waals surface area contributed by atoms with Crippen molar-refractivity contribution in [1.29, 1.82) is 0 Å². The van der Waals surface area contributed by atoms with Crippen LogP contribution in [0.15, 0.2) is 24.3 Å². The van der Waals surface area contributed by atoms with E-state index in [1.807, 2.05) is 24.3 Å². The largest absolute Gasteiger partial charge is 0.497 e. The van der Waals surface area contributed by atoms with Gasteiger partial charge in [0.2, 0.25) is 0 Å². The molecule has 2 rings (SSSR count). The quantitative estimate of drug-likeness (QED) is 0.791. The summed E-state index contributed by atoms with van der Waals surface area (Å²) in [4.78, 5) is 13.4. The van der Waals surface area contributed by atoms with E-state index in [-0.39, 0.29) is 12.1 Å². The molecule has 4 nitrogen and oxygen atoms in total. The first kappa shape index (κ1) is 11.8. The van der Waals surface area contributed by atoms with E-state index in [0.29, 0.717) is 0 Å². The predicted octanol–water partition coefficient (Wildman–Crippen LogP) is 2.60. The van der Waals surface area contributed by atoms with E-state index in [4.69, 9.17) is 9.47 Å². The van der Waals surface area contributed by atoms with Crippen LogP contribution in [0.1, 0.15) is 24.4 Å². The Hall–Kier alpha value is -1.71. The van der Waals surface area contributed by atoms with Crippen LogP contribution in [0.5, 0.6) is 5.75 Å². The lowest BCUT2D eigenvalue weighted by Gasteiger charge is -2.23. The molecule has 1 heterocycles. The van der Waals surface area contributed by atoms with Gasteiger partial charge in [-0.2, -0.15) is 0 Å². The van der Waals surface area contributed by atoms with Crippen molar-refractivity contribution in [3.63, 3.8) is 0 Å². The van der Waals surface area contributed by atoms with E-state index >= 15 is 0 Å². The molecule has 1 aliphatic rings. The Balaban J connectivity index is 2.17. The molecule has 17 heavy (non-hydrogen) atoms. The van der Waals surface area contributed by atoms with E-state index < -0.39 is 0 Å². The number of nitrogens with zero attached hydrogens (tertiary/aromatic N) is 1. The summed E-state index contributed by atoms with van der Waals surface area (Å²) in [6.07, 6.45) is 1.76. The summed E-state index contributed by atoms with van der Waals surface area (Å²) in [5.41, 5.74) is 1.13. The molecule has 1 aromatic rings. The minimum atomic E-state index is -0.247. The molecule has 0 spiro atoms. The third kappa shape index (κ3) is 2.35. The zero-order valence-corrected chi connectivity index (χ0v) is 10.2. The molecule has 0 saturated carbocycles. The van der Waals surface area contributed by atoms with Crippen LogP contribution < -0.4 is 4.74 Å². The fourth-order valence-corrected chi connectivity index (χ4v) is 2.28. The van der Waals surface area contributed by atoms with E-state index in [2.05, 4.69) is 0 Å². The molecule has 92 valence electrons. The van der Waals surface area contributed by atoms with Gasteiger partial charge >= 0.3 is 6.09 Å². The highest BCUT2D eigenvalue weighted by Crippen LogP contribution is 2.32. The Labute approximate surface area is 101 Å². The molecule has 1 saturated heterocycles. The summed E-state index contributed by atoms with van der Waals surface area (Å²) in [7, 11) is 3.07. The van der Waals surface area contributed by atoms with E-state index in [1.165, 1.54) is 7.11 Å². The lowest BCUT2D eigenvalue weighted by Crippen LogP contribution is -2.30. The molecule has 0 N–H and O–H groups in total.